The highest BCUT2D eigenvalue weighted by Crippen LogP contribution is 2.50. The van der Waals surface area contributed by atoms with Crippen molar-refractivity contribution in [2.45, 2.75) is 57.4 Å². The Morgan fingerprint density at radius 2 is 1.97 bits per heavy atom. The van der Waals surface area contributed by atoms with E-state index in [0.29, 0.717) is 5.69 Å². The van der Waals surface area contributed by atoms with Crippen molar-refractivity contribution in [1.82, 2.24) is 15.3 Å². The number of nitrogens with two attached hydrogens (primary N) is 1. The number of halogens is 1. The minimum atomic E-state index is -1.19. The number of anilines is 1. The highest BCUT2D eigenvalue weighted by molar-refractivity contribution is 8.15. The van der Waals surface area contributed by atoms with Gasteiger partial charge >= 0.3 is 0 Å². The largest absolute Gasteiger partial charge is 0.463 e. The highest BCUT2D eigenvalue weighted by Gasteiger charge is 2.54. The average Bonchev–Trinajstić information content (AvgIpc) is 2.81. The van der Waals surface area contributed by atoms with E-state index >= 15 is 4.39 Å². The van der Waals surface area contributed by atoms with E-state index in [1.807, 2.05) is 27.7 Å². The van der Waals surface area contributed by atoms with Gasteiger partial charge in [-0.1, -0.05) is 24.6 Å². The Hall–Kier alpha value is -3.65. The molecule has 2 aromatic rings. The van der Waals surface area contributed by atoms with Crippen molar-refractivity contribution in [3.63, 3.8) is 0 Å². The summed E-state index contributed by atoms with van der Waals surface area (Å²) in [7, 11) is 0. The molecule has 0 unspecified atom stereocenters. The van der Waals surface area contributed by atoms with Crippen LogP contribution in [-0.4, -0.2) is 43.8 Å². The van der Waals surface area contributed by atoms with Gasteiger partial charge in [0.25, 0.3) is 5.91 Å². The van der Waals surface area contributed by atoms with Crippen molar-refractivity contribution in [2.24, 2.45) is 16.6 Å². The third-order valence-electron chi connectivity index (χ3n) is 6.20. The number of hydrogen-bond donors (Lipinski definition) is 3. The number of terminal acetylenes is 1. The van der Waals surface area contributed by atoms with Crippen LogP contribution < -0.4 is 21.1 Å². The monoisotopic (exact) mass is 526 g/mol. The molecule has 37 heavy (non-hydrogen) atoms. The number of aliphatic imine (C=N–C) groups is 1. The number of nitrogens with zero attached hydrogens (tertiary/aromatic N) is 3. The molecule has 1 aliphatic rings. The second-order valence-corrected chi connectivity index (χ2v) is 11.6. The Kier molecular flexibility index (Phi) is 7.83. The van der Waals surface area contributed by atoms with Gasteiger partial charge in [0.2, 0.25) is 11.8 Å². The van der Waals surface area contributed by atoms with Crippen LogP contribution in [0.5, 0.6) is 5.88 Å². The van der Waals surface area contributed by atoms with Gasteiger partial charge < -0.3 is 21.1 Å². The number of amides is 2. The molecule has 3 atom stereocenters. The lowest BCUT2D eigenvalue weighted by Crippen LogP contribution is -2.59. The first-order valence-electron chi connectivity index (χ1n) is 11.6. The van der Waals surface area contributed by atoms with Crippen molar-refractivity contribution in [2.75, 3.05) is 11.9 Å². The maximum Gasteiger partial charge on any atom is 0.275 e. The summed E-state index contributed by atoms with van der Waals surface area (Å²) in [4.78, 5) is 38.7. The van der Waals surface area contributed by atoms with Gasteiger partial charge in [-0.05, 0) is 52.8 Å². The molecule has 196 valence electrons. The molecule has 0 bridgehead atoms. The van der Waals surface area contributed by atoms with Gasteiger partial charge in [-0.2, -0.15) is 0 Å². The summed E-state index contributed by atoms with van der Waals surface area (Å²) in [6.45, 7) is 11.0. The van der Waals surface area contributed by atoms with E-state index in [9.17, 15) is 9.59 Å². The number of aromatic nitrogens is 2. The molecule has 0 spiro atoms. The fraction of sp³-hybridized carbons (Fsp3) is 0.423. The molecule has 2 heterocycles. The van der Waals surface area contributed by atoms with Crippen LogP contribution in [0.25, 0.3) is 0 Å². The molecule has 0 aliphatic carbocycles. The Morgan fingerprint density at radius 3 is 2.57 bits per heavy atom. The average molecular weight is 527 g/mol. The summed E-state index contributed by atoms with van der Waals surface area (Å²) >= 11 is 1.15. The van der Waals surface area contributed by atoms with Crippen molar-refractivity contribution in [3.05, 3.63) is 47.7 Å². The predicted molar refractivity (Wildman–Crippen MR) is 143 cm³/mol. The molecule has 0 fully saturated rings. The summed E-state index contributed by atoms with van der Waals surface area (Å²) < 4.78 is 19.4. The number of amidine groups is 1. The van der Waals surface area contributed by atoms with E-state index in [-0.39, 0.29) is 34.8 Å². The number of carbonyl (C=O) groups excluding carboxylic acids is 2. The lowest BCUT2D eigenvalue weighted by Gasteiger charge is -2.47. The van der Waals surface area contributed by atoms with E-state index in [1.54, 1.807) is 13.8 Å². The van der Waals surface area contributed by atoms with Gasteiger partial charge in [0.1, 0.15) is 16.3 Å². The van der Waals surface area contributed by atoms with Crippen molar-refractivity contribution < 1.29 is 18.7 Å². The van der Waals surface area contributed by atoms with E-state index in [2.05, 4.69) is 31.5 Å². The SMILES string of the molecule is C#CCOc1cnc(C(=O)Nc2ccc(F)c([C@@]3(C)N=C(N)S[C@](C)(C(=O)NC(C)(C)C)[C@H]3C)c2)cn1. The first-order chi connectivity index (χ1) is 17.2. The van der Waals surface area contributed by atoms with Crippen molar-refractivity contribution >= 4 is 34.4 Å². The summed E-state index contributed by atoms with van der Waals surface area (Å²) in [6, 6.07) is 4.17. The fourth-order valence-corrected chi connectivity index (χ4v) is 5.22. The molecule has 0 radical (unpaired) electrons. The zero-order chi connectivity index (χ0) is 27.6. The number of hydrogen-bond acceptors (Lipinski definition) is 8. The van der Waals surface area contributed by atoms with Crippen LogP contribution in [0.2, 0.25) is 0 Å². The highest BCUT2D eigenvalue weighted by atomic mass is 32.2. The van der Waals surface area contributed by atoms with Gasteiger partial charge in [-0.15, -0.1) is 6.42 Å². The molecule has 1 aliphatic heterocycles. The number of thioether (sulfide) groups is 1. The summed E-state index contributed by atoms with van der Waals surface area (Å²) in [5.74, 6) is 0.714. The minimum Gasteiger partial charge on any atom is -0.463 e. The van der Waals surface area contributed by atoms with Crippen LogP contribution in [0.1, 0.15) is 57.6 Å². The zero-order valence-electron chi connectivity index (χ0n) is 21.7. The fourth-order valence-electron chi connectivity index (χ4n) is 4.00. The van der Waals surface area contributed by atoms with E-state index < -0.39 is 33.5 Å². The molecular weight excluding hydrogens is 495 g/mol. The number of rotatable bonds is 6. The maximum atomic E-state index is 15.3. The Labute approximate surface area is 220 Å². The molecule has 0 saturated heterocycles. The topological polar surface area (TPSA) is 132 Å². The summed E-state index contributed by atoms with van der Waals surface area (Å²) in [6.07, 6.45) is 7.68. The van der Waals surface area contributed by atoms with Crippen molar-refractivity contribution in [3.8, 4) is 18.2 Å². The predicted octanol–water partition coefficient (Wildman–Crippen LogP) is 3.47. The second kappa shape index (κ2) is 10.4. The molecule has 11 heteroatoms. The van der Waals surface area contributed by atoms with Crippen molar-refractivity contribution in [1.29, 1.82) is 0 Å². The first-order valence-corrected chi connectivity index (χ1v) is 12.4. The number of ether oxygens (including phenoxy) is 1. The first kappa shape index (κ1) is 27.9. The van der Waals surface area contributed by atoms with Crippen LogP contribution >= 0.6 is 11.8 Å². The lowest BCUT2D eigenvalue weighted by atomic mass is 9.73. The van der Waals surface area contributed by atoms with Gasteiger partial charge in [-0.3, -0.25) is 14.6 Å². The molecule has 3 rings (SSSR count). The Morgan fingerprint density at radius 1 is 1.27 bits per heavy atom. The van der Waals surface area contributed by atoms with Crippen LogP contribution in [0.15, 0.2) is 35.6 Å². The summed E-state index contributed by atoms with van der Waals surface area (Å²) in [5, 5.41) is 5.87. The molecule has 1 aromatic heterocycles. The minimum absolute atomic E-state index is 0.0260. The van der Waals surface area contributed by atoms with Crippen LogP contribution in [0, 0.1) is 24.1 Å². The molecule has 1 aromatic carbocycles. The standard InChI is InChI=1S/C26H31FN6O3S/c1-8-11-36-20-14-29-19(13-30-20)21(34)31-16-9-10-18(27)17(12-16)25(6)15(2)26(7,37-23(28)33-25)22(35)32-24(3,4)5/h1,9-10,12-15H,11H2,2-7H3,(H2,28,33)(H,31,34)(H,32,35)/t15-,25-,26-/m0/s1. The second-order valence-electron chi connectivity index (χ2n) is 10.1. The van der Waals surface area contributed by atoms with Crippen LogP contribution in [0.4, 0.5) is 10.1 Å². The van der Waals surface area contributed by atoms with E-state index in [1.165, 1.54) is 30.6 Å². The third-order valence-corrected chi connectivity index (χ3v) is 7.46. The van der Waals surface area contributed by atoms with E-state index in [0.717, 1.165) is 11.8 Å². The number of carbonyl (C=O) groups is 2. The zero-order valence-corrected chi connectivity index (χ0v) is 22.5. The lowest BCUT2D eigenvalue weighted by molar-refractivity contribution is -0.126. The van der Waals surface area contributed by atoms with Gasteiger partial charge in [-0.25, -0.2) is 14.4 Å². The van der Waals surface area contributed by atoms with E-state index in [4.69, 9.17) is 16.9 Å². The van der Waals surface area contributed by atoms with Crippen LogP contribution in [0.3, 0.4) is 0 Å². The summed E-state index contributed by atoms with van der Waals surface area (Å²) in [5.41, 5.74) is 5.06. The number of benzene rings is 1. The maximum absolute atomic E-state index is 15.3. The Bertz CT molecular complexity index is 1270. The van der Waals surface area contributed by atoms with Gasteiger partial charge in [0.05, 0.1) is 17.9 Å². The third kappa shape index (κ3) is 6.02. The smallest absolute Gasteiger partial charge is 0.275 e. The molecule has 4 N–H and O–H groups in total. The molecule has 9 nitrogen and oxygen atoms in total. The number of nitrogens with one attached hydrogen (secondary N) is 2. The molecular formula is C26H31FN6O3S. The quantitative estimate of drug-likeness (QED) is 0.491. The Balaban J connectivity index is 1.91. The van der Waals surface area contributed by atoms with Gasteiger partial charge in [0.15, 0.2) is 11.8 Å². The normalized spacial score (nSPS) is 23.4. The molecule has 0 saturated carbocycles. The van der Waals surface area contributed by atoms with Gasteiger partial charge in [0, 0.05) is 22.7 Å². The molecule has 2 amide bonds. The van der Waals surface area contributed by atoms with Crippen LogP contribution in [-0.2, 0) is 10.3 Å².